The van der Waals surface area contributed by atoms with Crippen LogP contribution in [0.1, 0.15) is 17.8 Å². The van der Waals surface area contributed by atoms with Crippen LogP contribution in [0.4, 0.5) is 5.13 Å². The van der Waals surface area contributed by atoms with Crippen molar-refractivity contribution < 1.29 is 4.74 Å². The number of nitrogens with zero attached hydrogens (tertiary/aromatic N) is 5. The minimum atomic E-state index is 0.118. The van der Waals surface area contributed by atoms with Crippen LogP contribution in [0.15, 0.2) is 12.4 Å². The van der Waals surface area contributed by atoms with E-state index in [4.69, 9.17) is 4.74 Å². The topological polar surface area (TPSA) is 64.0 Å². The van der Waals surface area contributed by atoms with E-state index in [0.29, 0.717) is 6.01 Å². The van der Waals surface area contributed by atoms with Crippen molar-refractivity contribution in [3.63, 3.8) is 0 Å². The number of rotatable bonds is 3. The molecule has 0 N–H and O–H groups in total. The van der Waals surface area contributed by atoms with Crippen molar-refractivity contribution in [2.45, 2.75) is 26.4 Å². The Bertz CT molecular complexity index is 556. The molecule has 2 aromatic rings. The van der Waals surface area contributed by atoms with Crippen LogP contribution >= 0.6 is 11.5 Å². The highest BCUT2D eigenvalue weighted by atomic mass is 32.1. The molecule has 7 heteroatoms. The summed E-state index contributed by atoms with van der Waals surface area (Å²) >= 11 is 1.44. The van der Waals surface area contributed by atoms with Gasteiger partial charge in [-0.1, -0.05) is 0 Å². The third kappa shape index (κ3) is 2.81. The largest absolute Gasteiger partial charge is 0.458 e. The lowest BCUT2D eigenvalue weighted by molar-refractivity contribution is 0.206. The Balaban J connectivity index is 1.61. The summed E-state index contributed by atoms with van der Waals surface area (Å²) < 4.78 is 9.98. The average Bonchev–Trinajstić information content (AvgIpc) is 3.01. The zero-order chi connectivity index (χ0) is 13.2. The van der Waals surface area contributed by atoms with Crippen LogP contribution in [-0.4, -0.2) is 38.5 Å². The molecule has 0 aliphatic carbocycles. The molecule has 0 radical (unpaired) electrons. The molecule has 1 atom stereocenters. The Morgan fingerprint density at radius 2 is 2.11 bits per heavy atom. The number of hydrogen-bond acceptors (Lipinski definition) is 7. The van der Waals surface area contributed by atoms with Gasteiger partial charge in [-0.3, -0.25) is 0 Å². The molecule has 0 amide bonds. The summed E-state index contributed by atoms with van der Waals surface area (Å²) in [6.45, 7) is 5.61. The van der Waals surface area contributed by atoms with E-state index in [0.717, 1.165) is 36.0 Å². The second kappa shape index (κ2) is 5.08. The molecule has 2 aromatic heterocycles. The van der Waals surface area contributed by atoms with Gasteiger partial charge < -0.3 is 9.64 Å². The SMILES string of the molecule is Cc1cnc(OC2CCN(c3nc(C)ns3)C2)nc1. The van der Waals surface area contributed by atoms with Gasteiger partial charge in [-0.15, -0.1) is 0 Å². The second-order valence-electron chi connectivity index (χ2n) is 4.64. The lowest BCUT2D eigenvalue weighted by atomic mass is 10.3. The van der Waals surface area contributed by atoms with Gasteiger partial charge in [-0.05, 0) is 19.4 Å². The first kappa shape index (κ1) is 12.3. The summed E-state index contributed by atoms with van der Waals surface area (Å²) in [6, 6.07) is 0.450. The van der Waals surface area contributed by atoms with Gasteiger partial charge in [0.2, 0.25) is 5.13 Å². The molecule has 1 aliphatic heterocycles. The molecule has 0 saturated carbocycles. The zero-order valence-corrected chi connectivity index (χ0v) is 11.7. The highest BCUT2D eigenvalue weighted by molar-refractivity contribution is 7.09. The summed E-state index contributed by atoms with van der Waals surface area (Å²) in [7, 11) is 0. The van der Waals surface area contributed by atoms with Crippen LogP contribution in [0.2, 0.25) is 0 Å². The van der Waals surface area contributed by atoms with Crippen molar-refractivity contribution in [3.8, 4) is 6.01 Å². The second-order valence-corrected chi connectivity index (χ2v) is 5.37. The Labute approximate surface area is 115 Å². The molecule has 1 unspecified atom stereocenters. The molecule has 0 aromatic carbocycles. The molecule has 1 aliphatic rings. The first-order valence-corrected chi connectivity index (χ1v) is 6.98. The van der Waals surface area contributed by atoms with Gasteiger partial charge in [0.15, 0.2) is 0 Å². The predicted molar refractivity (Wildman–Crippen MR) is 72.7 cm³/mol. The smallest absolute Gasteiger partial charge is 0.316 e. The van der Waals surface area contributed by atoms with Crippen molar-refractivity contribution in [1.29, 1.82) is 0 Å². The van der Waals surface area contributed by atoms with Crippen molar-refractivity contribution in [3.05, 3.63) is 23.8 Å². The first-order valence-electron chi connectivity index (χ1n) is 6.21. The minimum absolute atomic E-state index is 0.118. The van der Waals surface area contributed by atoms with Gasteiger partial charge in [-0.2, -0.15) is 4.37 Å². The molecule has 6 nitrogen and oxygen atoms in total. The van der Waals surface area contributed by atoms with E-state index >= 15 is 0 Å². The number of anilines is 1. The van der Waals surface area contributed by atoms with E-state index < -0.39 is 0 Å². The minimum Gasteiger partial charge on any atom is -0.458 e. The van der Waals surface area contributed by atoms with E-state index in [1.807, 2.05) is 13.8 Å². The van der Waals surface area contributed by atoms with Crippen LogP contribution in [0, 0.1) is 13.8 Å². The third-order valence-electron chi connectivity index (χ3n) is 2.96. The summed E-state index contributed by atoms with van der Waals surface area (Å²) in [4.78, 5) is 14.9. The monoisotopic (exact) mass is 277 g/mol. The Morgan fingerprint density at radius 3 is 2.79 bits per heavy atom. The van der Waals surface area contributed by atoms with E-state index in [-0.39, 0.29) is 6.10 Å². The Kier molecular flexibility index (Phi) is 3.29. The summed E-state index contributed by atoms with van der Waals surface area (Å²) in [5, 5.41) is 0.966. The first-order chi connectivity index (χ1) is 9.20. The molecule has 3 heterocycles. The number of aryl methyl sites for hydroxylation is 2. The van der Waals surface area contributed by atoms with Crippen LogP contribution in [-0.2, 0) is 0 Å². The molecule has 0 bridgehead atoms. The zero-order valence-electron chi connectivity index (χ0n) is 10.9. The van der Waals surface area contributed by atoms with Crippen molar-refractivity contribution in [1.82, 2.24) is 19.3 Å². The van der Waals surface area contributed by atoms with Crippen LogP contribution < -0.4 is 9.64 Å². The summed E-state index contributed by atoms with van der Waals surface area (Å²) in [5.74, 6) is 0.825. The Morgan fingerprint density at radius 1 is 1.32 bits per heavy atom. The quantitative estimate of drug-likeness (QED) is 0.849. The van der Waals surface area contributed by atoms with Crippen LogP contribution in [0.3, 0.4) is 0 Å². The molecule has 19 heavy (non-hydrogen) atoms. The summed E-state index contributed by atoms with van der Waals surface area (Å²) in [6.07, 6.45) is 4.61. The predicted octanol–water partition coefficient (Wildman–Crippen LogP) is 1.60. The van der Waals surface area contributed by atoms with Gasteiger partial charge in [0.05, 0.1) is 6.54 Å². The lowest BCUT2D eigenvalue weighted by Crippen LogP contribution is -2.24. The highest BCUT2D eigenvalue weighted by Crippen LogP contribution is 2.23. The van der Waals surface area contributed by atoms with Crippen molar-refractivity contribution in [2.75, 3.05) is 18.0 Å². The van der Waals surface area contributed by atoms with Gasteiger partial charge in [0.25, 0.3) is 0 Å². The fourth-order valence-electron chi connectivity index (χ4n) is 2.00. The number of aromatic nitrogens is 4. The summed E-state index contributed by atoms with van der Waals surface area (Å²) in [5.41, 5.74) is 1.03. The molecule has 1 fully saturated rings. The number of hydrogen-bond donors (Lipinski definition) is 0. The van der Waals surface area contributed by atoms with Crippen LogP contribution in [0.5, 0.6) is 6.01 Å². The third-order valence-corrected chi connectivity index (χ3v) is 3.83. The van der Waals surface area contributed by atoms with Gasteiger partial charge in [0, 0.05) is 36.9 Å². The molecule has 1 saturated heterocycles. The standard InChI is InChI=1S/C12H15N5OS/c1-8-5-13-11(14-6-8)18-10-3-4-17(7-10)12-15-9(2)16-19-12/h5-6,10H,3-4,7H2,1-2H3. The van der Waals surface area contributed by atoms with E-state index in [1.165, 1.54) is 11.5 Å². The van der Waals surface area contributed by atoms with E-state index in [1.54, 1.807) is 12.4 Å². The van der Waals surface area contributed by atoms with Crippen molar-refractivity contribution >= 4 is 16.7 Å². The van der Waals surface area contributed by atoms with Gasteiger partial charge >= 0.3 is 6.01 Å². The molecule has 100 valence electrons. The highest BCUT2D eigenvalue weighted by Gasteiger charge is 2.26. The van der Waals surface area contributed by atoms with E-state index in [2.05, 4.69) is 24.2 Å². The lowest BCUT2D eigenvalue weighted by Gasteiger charge is -2.14. The maximum atomic E-state index is 5.78. The fourth-order valence-corrected chi connectivity index (χ4v) is 2.71. The normalized spacial score (nSPS) is 18.8. The number of ether oxygens (including phenoxy) is 1. The molecular weight excluding hydrogens is 262 g/mol. The maximum absolute atomic E-state index is 5.78. The Hall–Kier alpha value is -1.76. The molecule has 0 spiro atoms. The van der Waals surface area contributed by atoms with Crippen molar-refractivity contribution in [2.24, 2.45) is 0 Å². The average molecular weight is 277 g/mol. The van der Waals surface area contributed by atoms with Gasteiger partial charge in [-0.25, -0.2) is 15.0 Å². The van der Waals surface area contributed by atoms with Crippen LogP contribution in [0.25, 0.3) is 0 Å². The maximum Gasteiger partial charge on any atom is 0.316 e. The van der Waals surface area contributed by atoms with Gasteiger partial charge in [0.1, 0.15) is 11.9 Å². The fraction of sp³-hybridized carbons (Fsp3) is 0.500. The molecule has 3 rings (SSSR count). The van der Waals surface area contributed by atoms with E-state index in [9.17, 15) is 0 Å². The molecular formula is C12H15N5OS.